The van der Waals surface area contributed by atoms with E-state index in [9.17, 15) is 5.11 Å². The monoisotopic (exact) mass is 423 g/mol. The van der Waals surface area contributed by atoms with E-state index < -0.39 is 0 Å². The number of halogens is 1. The minimum absolute atomic E-state index is 0. The van der Waals surface area contributed by atoms with Crippen LogP contribution >= 0.6 is 24.0 Å². The van der Waals surface area contributed by atoms with Crippen molar-refractivity contribution in [1.82, 2.24) is 10.2 Å². The molecule has 5 heteroatoms. The average Bonchev–Trinajstić information content (AvgIpc) is 2.48. The van der Waals surface area contributed by atoms with Crippen LogP contribution in [0.15, 0.2) is 4.99 Å². The first-order valence-corrected chi connectivity index (χ1v) is 8.76. The topological polar surface area (TPSA) is 47.9 Å². The van der Waals surface area contributed by atoms with Crippen LogP contribution in [0, 0.1) is 11.3 Å². The van der Waals surface area contributed by atoms with Crippen molar-refractivity contribution in [2.75, 3.05) is 26.2 Å². The molecule has 1 heterocycles. The van der Waals surface area contributed by atoms with Crippen LogP contribution in [-0.4, -0.2) is 48.2 Å². The number of piperidine rings is 1. The van der Waals surface area contributed by atoms with Gasteiger partial charge in [-0.15, -0.1) is 24.0 Å². The highest BCUT2D eigenvalue weighted by molar-refractivity contribution is 14.0. The highest BCUT2D eigenvalue weighted by atomic mass is 127. The Morgan fingerprint density at radius 1 is 1.27 bits per heavy atom. The fraction of sp³-hybridized carbons (Fsp3) is 0.941. The van der Waals surface area contributed by atoms with Gasteiger partial charge in [0.1, 0.15) is 0 Å². The van der Waals surface area contributed by atoms with Crippen LogP contribution in [0.5, 0.6) is 0 Å². The van der Waals surface area contributed by atoms with Gasteiger partial charge in [-0.3, -0.25) is 4.99 Å². The molecule has 0 amide bonds. The van der Waals surface area contributed by atoms with Crippen LogP contribution in [0.25, 0.3) is 0 Å². The molecule has 4 nitrogen and oxygen atoms in total. The fourth-order valence-corrected chi connectivity index (χ4v) is 3.47. The lowest BCUT2D eigenvalue weighted by Gasteiger charge is -2.38. The molecule has 2 N–H and O–H groups in total. The van der Waals surface area contributed by atoms with Gasteiger partial charge in [-0.05, 0) is 38.5 Å². The maximum atomic E-state index is 10.3. The average molecular weight is 423 g/mol. The van der Waals surface area contributed by atoms with Crippen molar-refractivity contribution in [2.24, 2.45) is 16.3 Å². The molecule has 2 fully saturated rings. The molecule has 0 radical (unpaired) electrons. The summed E-state index contributed by atoms with van der Waals surface area (Å²) in [5.74, 6) is 1.88. The molecule has 0 aromatic rings. The molecule has 0 bridgehead atoms. The molecular formula is C17H34IN3O. The van der Waals surface area contributed by atoms with Gasteiger partial charge in [0.15, 0.2) is 5.96 Å². The number of nitrogens with zero attached hydrogens (tertiary/aromatic N) is 2. The molecule has 1 saturated carbocycles. The van der Waals surface area contributed by atoms with Crippen molar-refractivity contribution in [3.8, 4) is 0 Å². The van der Waals surface area contributed by atoms with Gasteiger partial charge in [-0.25, -0.2) is 0 Å². The minimum atomic E-state index is -0.195. The predicted octanol–water partition coefficient (Wildman–Crippen LogP) is 3.24. The smallest absolute Gasteiger partial charge is 0.193 e. The molecular weight excluding hydrogens is 389 g/mol. The molecule has 2 aliphatic rings. The van der Waals surface area contributed by atoms with Crippen LogP contribution in [0.4, 0.5) is 0 Å². The zero-order valence-corrected chi connectivity index (χ0v) is 16.8. The number of rotatable bonds is 3. The third-order valence-electron chi connectivity index (χ3n) is 5.29. The van der Waals surface area contributed by atoms with Gasteiger partial charge in [-0.1, -0.05) is 26.7 Å². The molecule has 0 aromatic heterocycles. The summed E-state index contributed by atoms with van der Waals surface area (Å²) in [6, 6.07) is 0. The normalized spacial score (nSPS) is 30.8. The molecule has 0 spiro atoms. The lowest BCUT2D eigenvalue weighted by molar-refractivity contribution is 0.00700. The number of nitrogens with one attached hydrogen (secondary N) is 1. The Balaban J connectivity index is 0.00000242. The standard InChI is InChI=1S/C17H33N3O.HI/c1-4-18-16(20-11-8-14(2)9-12-20)19-13-17(3)10-6-5-7-15(17)21;/h14-15,21H,4-13H2,1-3H3,(H,18,19);1H. The minimum Gasteiger partial charge on any atom is -0.392 e. The summed E-state index contributed by atoms with van der Waals surface area (Å²) in [6.07, 6.45) is 6.72. The predicted molar refractivity (Wildman–Crippen MR) is 104 cm³/mol. The van der Waals surface area contributed by atoms with E-state index in [4.69, 9.17) is 4.99 Å². The van der Waals surface area contributed by atoms with E-state index in [2.05, 4.69) is 31.0 Å². The van der Waals surface area contributed by atoms with Crippen molar-refractivity contribution < 1.29 is 5.11 Å². The molecule has 22 heavy (non-hydrogen) atoms. The molecule has 1 aliphatic heterocycles. The van der Waals surface area contributed by atoms with Gasteiger partial charge in [0.25, 0.3) is 0 Å². The summed E-state index contributed by atoms with van der Waals surface area (Å²) < 4.78 is 0. The van der Waals surface area contributed by atoms with E-state index in [0.29, 0.717) is 0 Å². The van der Waals surface area contributed by atoms with Crippen molar-refractivity contribution in [1.29, 1.82) is 0 Å². The molecule has 130 valence electrons. The number of aliphatic hydroxyl groups excluding tert-OH is 1. The summed E-state index contributed by atoms with van der Waals surface area (Å²) in [5, 5.41) is 13.7. The summed E-state index contributed by atoms with van der Waals surface area (Å²) in [5.41, 5.74) is -0.0397. The number of hydrogen-bond donors (Lipinski definition) is 2. The number of aliphatic imine (C=N–C) groups is 1. The van der Waals surface area contributed by atoms with E-state index in [1.165, 1.54) is 19.3 Å². The molecule has 2 rings (SSSR count). The third kappa shape index (κ3) is 5.25. The van der Waals surface area contributed by atoms with Crippen LogP contribution in [0.3, 0.4) is 0 Å². The lowest BCUT2D eigenvalue weighted by Crippen LogP contribution is -2.46. The number of hydrogen-bond acceptors (Lipinski definition) is 2. The highest BCUT2D eigenvalue weighted by Crippen LogP contribution is 2.36. The van der Waals surface area contributed by atoms with Crippen molar-refractivity contribution in [3.05, 3.63) is 0 Å². The van der Waals surface area contributed by atoms with Crippen molar-refractivity contribution in [3.63, 3.8) is 0 Å². The van der Waals surface area contributed by atoms with Crippen molar-refractivity contribution in [2.45, 2.75) is 65.4 Å². The summed E-state index contributed by atoms with van der Waals surface area (Å²) in [7, 11) is 0. The largest absolute Gasteiger partial charge is 0.392 e. The summed E-state index contributed by atoms with van der Waals surface area (Å²) in [6.45, 7) is 10.5. The van der Waals surface area contributed by atoms with Crippen LogP contribution in [0.1, 0.15) is 59.3 Å². The highest BCUT2D eigenvalue weighted by Gasteiger charge is 2.35. The maximum Gasteiger partial charge on any atom is 0.193 e. The maximum absolute atomic E-state index is 10.3. The van der Waals surface area contributed by atoms with Gasteiger partial charge in [-0.2, -0.15) is 0 Å². The Morgan fingerprint density at radius 2 is 1.95 bits per heavy atom. The molecule has 2 atom stereocenters. The van der Waals surface area contributed by atoms with Gasteiger partial charge in [0, 0.05) is 25.0 Å². The van der Waals surface area contributed by atoms with E-state index >= 15 is 0 Å². The van der Waals surface area contributed by atoms with E-state index in [0.717, 1.165) is 57.3 Å². The second-order valence-corrected chi connectivity index (χ2v) is 7.26. The first kappa shape index (κ1) is 20.0. The second kappa shape index (κ2) is 9.30. The first-order valence-electron chi connectivity index (χ1n) is 8.76. The molecule has 2 unspecified atom stereocenters. The van der Waals surface area contributed by atoms with E-state index in [-0.39, 0.29) is 35.5 Å². The van der Waals surface area contributed by atoms with Gasteiger partial charge in [0.2, 0.25) is 0 Å². The molecule has 1 saturated heterocycles. The fourth-order valence-electron chi connectivity index (χ4n) is 3.47. The van der Waals surface area contributed by atoms with Gasteiger partial charge in [0.05, 0.1) is 12.6 Å². The van der Waals surface area contributed by atoms with Crippen LogP contribution in [-0.2, 0) is 0 Å². The summed E-state index contributed by atoms with van der Waals surface area (Å²) in [4.78, 5) is 7.27. The Kier molecular flexibility index (Phi) is 8.46. The third-order valence-corrected chi connectivity index (χ3v) is 5.29. The van der Waals surface area contributed by atoms with Gasteiger partial charge >= 0.3 is 0 Å². The number of guanidine groups is 1. The van der Waals surface area contributed by atoms with E-state index in [1.807, 2.05) is 0 Å². The Hall–Kier alpha value is -0.0400. The quantitative estimate of drug-likeness (QED) is 0.416. The van der Waals surface area contributed by atoms with E-state index in [1.54, 1.807) is 0 Å². The summed E-state index contributed by atoms with van der Waals surface area (Å²) >= 11 is 0. The zero-order chi connectivity index (χ0) is 15.3. The Morgan fingerprint density at radius 3 is 2.55 bits per heavy atom. The van der Waals surface area contributed by atoms with Crippen LogP contribution in [0.2, 0.25) is 0 Å². The lowest BCUT2D eigenvalue weighted by atomic mass is 9.73. The molecule has 0 aromatic carbocycles. The Bertz CT molecular complexity index is 356. The zero-order valence-electron chi connectivity index (χ0n) is 14.5. The Labute approximate surface area is 153 Å². The van der Waals surface area contributed by atoms with Crippen molar-refractivity contribution >= 4 is 29.9 Å². The molecule has 1 aliphatic carbocycles. The first-order chi connectivity index (χ1) is 10.0. The van der Waals surface area contributed by atoms with Gasteiger partial charge < -0.3 is 15.3 Å². The second-order valence-electron chi connectivity index (χ2n) is 7.26. The number of likely N-dealkylation sites (tertiary alicyclic amines) is 1. The van der Waals surface area contributed by atoms with Crippen LogP contribution < -0.4 is 5.32 Å². The SMILES string of the molecule is CCNC(=NCC1(C)CCCCC1O)N1CCC(C)CC1.I. The number of aliphatic hydroxyl groups is 1.